The maximum absolute atomic E-state index is 5.96. The number of rotatable bonds is 3. The van der Waals surface area contributed by atoms with Crippen molar-refractivity contribution in [3.05, 3.63) is 29.3 Å². The molecule has 1 unspecified atom stereocenters. The molecule has 0 spiro atoms. The summed E-state index contributed by atoms with van der Waals surface area (Å²) in [5.41, 5.74) is 0.776. The molecule has 0 amide bonds. The van der Waals surface area contributed by atoms with Crippen LogP contribution in [0.25, 0.3) is 0 Å². The van der Waals surface area contributed by atoms with Crippen LogP contribution < -0.4 is 5.09 Å². The molecule has 0 saturated heterocycles. The Bertz CT molecular complexity index is 430. The summed E-state index contributed by atoms with van der Waals surface area (Å²) in [6.45, 7) is 0. The van der Waals surface area contributed by atoms with Gasteiger partial charge in [-0.15, -0.1) is 0 Å². The summed E-state index contributed by atoms with van der Waals surface area (Å²) in [4.78, 5) is 0. The molecule has 0 aliphatic heterocycles. The zero-order chi connectivity index (χ0) is 13.3. The Morgan fingerprint density at radius 2 is 1.65 bits per heavy atom. The standard InChI is InChI=1S/C9H11Cl4N2PS/c1-15(2)16(17,9(11,12)13)14-8-5-3-7(10)4-6-8/h3-6H,1-2H3,(H,14,17). The van der Waals surface area contributed by atoms with Gasteiger partial charge in [0.05, 0.1) is 0 Å². The maximum Gasteiger partial charge on any atom is 0.248 e. The fourth-order valence-electron chi connectivity index (χ4n) is 1.09. The number of anilines is 1. The van der Waals surface area contributed by atoms with E-state index < -0.39 is 9.87 Å². The van der Waals surface area contributed by atoms with Gasteiger partial charge in [-0.2, -0.15) is 0 Å². The molecule has 1 rings (SSSR count). The van der Waals surface area contributed by atoms with Crippen molar-refractivity contribution in [2.45, 2.75) is 3.53 Å². The molecule has 8 heteroatoms. The minimum atomic E-state index is -2.54. The van der Waals surface area contributed by atoms with E-state index in [1.807, 2.05) is 0 Å². The lowest BCUT2D eigenvalue weighted by molar-refractivity contribution is 0.676. The lowest BCUT2D eigenvalue weighted by atomic mass is 10.3. The van der Waals surface area contributed by atoms with Crippen molar-refractivity contribution in [1.82, 2.24) is 4.67 Å². The van der Waals surface area contributed by atoms with Crippen LogP contribution >= 0.6 is 52.7 Å². The summed E-state index contributed by atoms with van der Waals surface area (Å²) >= 11 is 29.2. The molecule has 0 radical (unpaired) electrons. The molecule has 0 bridgehead atoms. The topological polar surface area (TPSA) is 15.3 Å². The molecule has 2 nitrogen and oxygen atoms in total. The summed E-state index contributed by atoms with van der Waals surface area (Å²) in [6, 6.07) is 7.09. The Kier molecular flexibility index (Phi) is 5.44. The highest BCUT2D eigenvalue weighted by Crippen LogP contribution is 2.65. The Balaban J connectivity index is 3.04. The smallest absolute Gasteiger partial charge is 0.248 e. The predicted octanol–water partition coefficient (Wildman–Crippen LogP) is 4.95. The first-order valence-corrected chi connectivity index (χ1v) is 8.82. The Hall–Kier alpha value is 0.790. The van der Waals surface area contributed by atoms with E-state index in [2.05, 4.69) is 5.09 Å². The number of halogens is 4. The molecular weight excluding hydrogens is 341 g/mol. The second kappa shape index (κ2) is 5.83. The third kappa shape index (κ3) is 3.87. The first kappa shape index (κ1) is 15.8. The van der Waals surface area contributed by atoms with Crippen molar-refractivity contribution >= 4 is 70.2 Å². The Morgan fingerprint density at radius 3 is 2.00 bits per heavy atom. The summed E-state index contributed by atoms with van der Waals surface area (Å²) in [5.74, 6) is 0. The fourth-order valence-corrected chi connectivity index (χ4v) is 4.55. The number of benzene rings is 1. The van der Waals surface area contributed by atoms with Crippen LogP contribution in [0, 0.1) is 0 Å². The number of hydrogen-bond donors (Lipinski definition) is 1. The molecule has 17 heavy (non-hydrogen) atoms. The van der Waals surface area contributed by atoms with Gasteiger partial charge in [-0.1, -0.05) is 58.2 Å². The normalized spacial score (nSPS) is 15.7. The second-order valence-corrected chi connectivity index (χ2v) is 11.4. The Labute approximate surface area is 126 Å². The minimum absolute atomic E-state index is 0.641. The quantitative estimate of drug-likeness (QED) is 0.612. The lowest BCUT2D eigenvalue weighted by Crippen LogP contribution is -2.24. The summed E-state index contributed by atoms with van der Waals surface area (Å²) in [5, 5.41) is 3.76. The van der Waals surface area contributed by atoms with Crippen LogP contribution in [0.4, 0.5) is 5.69 Å². The van der Waals surface area contributed by atoms with Crippen LogP contribution in [-0.4, -0.2) is 22.3 Å². The van der Waals surface area contributed by atoms with Crippen molar-refractivity contribution in [3.8, 4) is 0 Å². The Morgan fingerprint density at radius 1 is 1.18 bits per heavy atom. The molecule has 0 aliphatic rings. The first-order valence-electron chi connectivity index (χ1n) is 4.55. The van der Waals surface area contributed by atoms with Gasteiger partial charge in [0.2, 0.25) is 3.53 Å². The van der Waals surface area contributed by atoms with Gasteiger partial charge in [0.1, 0.15) is 6.34 Å². The number of hydrogen-bond acceptors (Lipinski definition) is 1. The van der Waals surface area contributed by atoms with Gasteiger partial charge in [0.25, 0.3) is 0 Å². The van der Waals surface area contributed by atoms with E-state index >= 15 is 0 Å². The van der Waals surface area contributed by atoms with E-state index in [1.165, 1.54) is 0 Å². The molecule has 0 aromatic heterocycles. The lowest BCUT2D eigenvalue weighted by Gasteiger charge is -2.35. The molecule has 0 fully saturated rings. The van der Waals surface area contributed by atoms with Crippen LogP contribution in [0.5, 0.6) is 0 Å². The highest BCUT2D eigenvalue weighted by atomic mass is 35.6. The molecule has 0 heterocycles. The highest BCUT2D eigenvalue weighted by Gasteiger charge is 2.41. The van der Waals surface area contributed by atoms with E-state index in [-0.39, 0.29) is 0 Å². The van der Waals surface area contributed by atoms with Crippen molar-refractivity contribution < 1.29 is 0 Å². The van der Waals surface area contributed by atoms with Gasteiger partial charge in [-0.25, -0.2) is 0 Å². The third-order valence-electron chi connectivity index (χ3n) is 2.03. The van der Waals surface area contributed by atoms with Gasteiger partial charge < -0.3 is 5.09 Å². The van der Waals surface area contributed by atoms with E-state index in [0.717, 1.165) is 5.69 Å². The van der Waals surface area contributed by atoms with E-state index in [9.17, 15) is 0 Å². The molecule has 1 aromatic rings. The molecule has 1 N–H and O–H groups in total. The molecular formula is C9H11Cl4N2PS. The fraction of sp³-hybridized carbons (Fsp3) is 0.333. The zero-order valence-electron chi connectivity index (χ0n) is 9.12. The summed E-state index contributed by atoms with van der Waals surface area (Å²) < 4.78 is 0.190. The minimum Gasteiger partial charge on any atom is -0.343 e. The van der Waals surface area contributed by atoms with Gasteiger partial charge in [-0.3, -0.25) is 4.67 Å². The average molecular weight is 352 g/mol. The van der Waals surface area contributed by atoms with Crippen molar-refractivity contribution in [1.29, 1.82) is 0 Å². The average Bonchev–Trinajstić information content (AvgIpc) is 2.19. The first-order chi connectivity index (χ1) is 7.67. The SMILES string of the molecule is CN(C)P(=S)(Nc1ccc(Cl)cc1)C(Cl)(Cl)Cl. The van der Waals surface area contributed by atoms with Gasteiger partial charge in [0, 0.05) is 10.7 Å². The summed E-state index contributed by atoms with van der Waals surface area (Å²) in [7, 11) is 3.57. The van der Waals surface area contributed by atoms with Crippen LogP contribution in [0.1, 0.15) is 0 Å². The van der Waals surface area contributed by atoms with Crippen LogP contribution in [0.3, 0.4) is 0 Å². The summed E-state index contributed by atoms with van der Waals surface area (Å²) in [6.07, 6.45) is -2.54. The van der Waals surface area contributed by atoms with Gasteiger partial charge in [0.15, 0.2) is 0 Å². The molecule has 0 saturated carbocycles. The van der Waals surface area contributed by atoms with Gasteiger partial charge >= 0.3 is 0 Å². The predicted molar refractivity (Wildman–Crippen MR) is 83.3 cm³/mol. The monoisotopic (exact) mass is 350 g/mol. The highest BCUT2D eigenvalue weighted by molar-refractivity contribution is 8.16. The molecule has 1 atom stereocenters. The van der Waals surface area contributed by atoms with E-state index in [0.29, 0.717) is 5.02 Å². The molecule has 96 valence electrons. The number of nitrogens with zero attached hydrogens (tertiary/aromatic N) is 1. The van der Waals surface area contributed by atoms with Crippen LogP contribution in [0.15, 0.2) is 24.3 Å². The maximum atomic E-state index is 5.96. The van der Waals surface area contributed by atoms with Crippen LogP contribution in [0.2, 0.25) is 5.02 Å². The molecule has 1 aromatic carbocycles. The van der Waals surface area contributed by atoms with Crippen molar-refractivity contribution in [2.24, 2.45) is 0 Å². The van der Waals surface area contributed by atoms with Crippen molar-refractivity contribution in [3.63, 3.8) is 0 Å². The second-order valence-electron chi connectivity index (χ2n) is 3.51. The van der Waals surface area contributed by atoms with Crippen molar-refractivity contribution in [2.75, 3.05) is 19.2 Å². The zero-order valence-corrected chi connectivity index (χ0v) is 13.9. The van der Waals surface area contributed by atoms with E-state index in [1.54, 1.807) is 43.0 Å². The number of alkyl halides is 3. The van der Waals surface area contributed by atoms with Crippen LogP contribution in [-0.2, 0) is 11.8 Å². The van der Waals surface area contributed by atoms with E-state index in [4.69, 9.17) is 58.2 Å². The third-order valence-corrected chi connectivity index (χ3v) is 9.84. The number of nitrogens with one attached hydrogen (secondary N) is 1. The largest absolute Gasteiger partial charge is 0.343 e. The van der Waals surface area contributed by atoms with Gasteiger partial charge in [-0.05, 0) is 38.4 Å². The molecule has 0 aliphatic carbocycles.